The second-order valence-electron chi connectivity index (χ2n) is 3.51. The summed E-state index contributed by atoms with van der Waals surface area (Å²) in [6.07, 6.45) is 0. The van der Waals surface area contributed by atoms with Crippen LogP contribution in [0.5, 0.6) is 0 Å². The molecule has 0 unspecified atom stereocenters. The minimum Gasteiger partial charge on any atom is -0.465 e. The van der Waals surface area contributed by atoms with Gasteiger partial charge in [0.05, 0.1) is 29.9 Å². The molecule has 0 atom stereocenters. The second kappa shape index (κ2) is 7.16. The Bertz CT molecular complexity index is 520. The maximum absolute atomic E-state index is 11.6. The fourth-order valence-corrected chi connectivity index (χ4v) is 1.51. The summed E-state index contributed by atoms with van der Waals surface area (Å²) < 4.78 is 5.22. The zero-order valence-corrected chi connectivity index (χ0v) is 12.5. The number of nitrogens with one attached hydrogen (secondary N) is 2. The normalized spacial score (nSPS) is 9.63. The van der Waals surface area contributed by atoms with Crippen molar-refractivity contribution < 1.29 is 14.3 Å². The fourth-order valence-electron chi connectivity index (χ4n) is 1.21. The van der Waals surface area contributed by atoms with E-state index >= 15 is 0 Å². The number of carbonyl (C=O) groups is 2. The molecular weight excluding hydrogens is 336 g/mol. The highest BCUT2D eigenvalue weighted by Crippen LogP contribution is 2.23. The van der Waals surface area contributed by atoms with E-state index in [2.05, 4.69) is 37.9 Å². The van der Waals surface area contributed by atoms with Crippen molar-refractivity contribution in [1.29, 1.82) is 0 Å². The van der Waals surface area contributed by atoms with Crippen LogP contribution >= 0.6 is 27.5 Å². The molecule has 102 valence electrons. The lowest BCUT2D eigenvalue weighted by Crippen LogP contribution is -2.29. The van der Waals surface area contributed by atoms with E-state index < -0.39 is 12.0 Å². The Kier molecular flexibility index (Phi) is 5.85. The van der Waals surface area contributed by atoms with Crippen molar-refractivity contribution in [3.05, 3.63) is 39.8 Å². The number of urea groups is 1. The summed E-state index contributed by atoms with van der Waals surface area (Å²) in [6, 6.07) is 4.01. The molecule has 0 aliphatic heterocycles. The van der Waals surface area contributed by atoms with Gasteiger partial charge in [-0.15, -0.1) is 0 Å². The van der Waals surface area contributed by atoms with Gasteiger partial charge in [0.15, 0.2) is 0 Å². The third kappa shape index (κ3) is 4.92. The molecule has 1 aromatic carbocycles. The summed E-state index contributed by atoms with van der Waals surface area (Å²) in [7, 11) is 1.28. The van der Waals surface area contributed by atoms with E-state index in [1.54, 1.807) is 0 Å². The van der Waals surface area contributed by atoms with E-state index in [9.17, 15) is 9.59 Å². The Morgan fingerprint density at radius 1 is 1.47 bits per heavy atom. The lowest BCUT2D eigenvalue weighted by atomic mass is 10.2. The smallest absolute Gasteiger partial charge is 0.337 e. The molecule has 0 aliphatic carbocycles. The first kappa shape index (κ1) is 15.5. The number of rotatable bonds is 4. The summed E-state index contributed by atoms with van der Waals surface area (Å²) in [5, 5.41) is 5.40. The number of carbonyl (C=O) groups excluding carboxylic acids is 2. The molecule has 0 radical (unpaired) electrons. The van der Waals surface area contributed by atoms with Crippen LogP contribution in [0.3, 0.4) is 0 Å². The van der Waals surface area contributed by atoms with E-state index in [4.69, 9.17) is 11.6 Å². The van der Waals surface area contributed by atoms with Gasteiger partial charge in [-0.2, -0.15) is 0 Å². The van der Waals surface area contributed by atoms with Gasteiger partial charge in [-0.25, -0.2) is 9.59 Å². The molecule has 0 heterocycles. The summed E-state index contributed by atoms with van der Waals surface area (Å²) in [5.74, 6) is -0.506. The molecule has 0 aromatic heterocycles. The van der Waals surface area contributed by atoms with Crippen LogP contribution in [0.4, 0.5) is 10.5 Å². The minimum atomic E-state index is -0.506. The van der Waals surface area contributed by atoms with Gasteiger partial charge in [-0.3, -0.25) is 0 Å². The number of anilines is 1. The van der Waals surface area contributed by atoms with Gasteiger partial charge in [0.2, 0.25) is 0 Å². The fraction of sp³-hybridized carbons (Fsp3) is 0.167. The Hall–Kier alpha value is -1.53. The Balaban J connectivity index is 2.79. The Labute approximate surface area is 124 Å². The van der Waals surface area contributed by atoms with Crippen LogP contribution in [0.1, 0.15) is 10.4 Å². The maximum atomic E-state index is 11.6. The van der Waals surface area contributed by atoms with Crippen LogP contribution in [0.2, 0.25) is 5.02 Å². The molecule has 0 fully saturated rings. The van der Waals surface area contributed by atoms with Gasteiger partial charge in [-0.1, -0.05) is 34.1 Å². The standard InChI is InChI=1S/C12H12BrClN2O3/c1-7(13)6-15-12(18)16-10-5-8(11(17)19-2)3-4-9(10)14/h3-5H,1,6H2,2H3,(H2,15,16,18). The zero-order valence-electron chi connectivity index (χ0n) is 10.1. The number of hydrogen-bond donors (Lipinski definition) is 2. The molecule has 2 N–H and O–H groups in total. The average molecular weight is 348 g/mol. The number of ether oxygens (including phenoxy) is 1. The van der Waals surface area contributed by atoms with Crippen molar-refractivity contribution >= 4 is 45.2 Å². The van der Waals surface area contributed by atoms with Crippen LogP contribution in [0, 0.1) is 0 Å². The molecule has 0 aliphatic rings. The molecule has 0 saturated heterocycles. The number of halogens is 2. The first-order chi connectivity index (χ1) is 8.93. The molecule has 7 heteroatoms. The van der Waals surface area contributed by atoms with Crippen molar-refractivity contribution in [2.45, 2.75) is 0 Å². The summed E-state index contributed by atoms with van der Waals surface area (Å²) in [5.41, 5.74) is 0.620. The summed E-state index contributed by atoms with van der Waals surface area (Å²) in [4.78, 5) is 22.9. The SMILES string of the molecule is C=C(Br)CNC(=O)Nc1cc(C(=O)OC)ccc1Cl. The van der Waals surface area contributed by atoms with Crippen LogP contribution in [0.15, 0.2) is 29.3 Å². The molecule has 19 heavy (non-hydrogen) atoms. The first-order valence-electron chi connectivity index (χ1n) is 5.20. The minimum absolute atomic E-state index is 0.278. The van der Waals surface area contributed by atoms with E-state index in [0.717, 1.165) is 0 Å². The average Bonchev–Trinajstić information content (AvgIpc) is 2.38. The molecule has 1 rings (SSSR count). The predicted octanol–water partition coefficient (Wildman–Crippen LogP) is 3.16. The molecule has 5 nitrogen and oxygen atoms in total. The first-order valence-corrected chi connectivity index (χ1v) is 6.37. The van der Waals surface area contributed by atoms with Crippen LogP contribution in [-0.4, -0.2) is 25.7 Å². The quantitative estimate of drug-likeness (QED) is 0.822. The lowest BCUT2D eigenvalue weighted by Gasteiger charge is -2.09. The molecule has 1 aromatic rings. The van der Waals surface area contributed by atoms with E-state index in [0.29, 0.717) is 20.8 Å². The highest BCUT2D eigenvalue weighted by Gasteiger charge is 2.11. The maximum Gasteiger partial charge on any atom is 0.337 e. The highest BCUT2D eigenvalue weighted by atomic mass is 79.9. The molecule has 2 amide bonds. The molecule has 0 saturated carbocycles. The van der Waals surface area contributed by atoms with Crippen molar-refractivity contribution in [3.63, 3.8) is 0 Å². The van der Waals surface area contributed by atoms with E-state index in [1.165, 1.54) is 25.3 Å². The van der Waals surface area contributed by atoms with Gasteiger partial charge in [0.1, 0.15) is 0 Å². The lowest BCUT2D eigenvalue weighted by molar-refractivity contribution is 0.0600. The van der Waals surface area contributed by atoms with Crippen molar-refractivity contribution in [3.8, 4) is 0 Å². The van der Waals surface area contributed by atoms with Gasteiger partial charge < -0.3 is 15.4 Å². The second-order valence-corrected chi connectivity index (χ2v) is 5.04. The van der Waals surface area contributed by atoms with Gasteiger partial charge >= 0.3 is 12.0 Å². The van der Waals surface area contributed by atoms with Gasteiger partial charge in [-0.05, 0) is 18.2 Å². The molecular formula is C12H12BrClN2O3. The largest absolute Gasteiger partial charge is 0.465 e. The number of methoxy groups -OCH3 is 1. The van der Waals surface area contributed by atoms with E-state index in [1.807, 2.05) is 0 Å². The predicted molar refractivity (Wildman–Crippen MR) is 77.9 cm³/mol. The van der Waals surface area contributed by atoms with Crippen molar-refractivity contribution in [2.75, 3.05) is 19.0 Å². The van der Waals surface area contributed by atoms with Crippen LogP contribution in [-0.2, 0) is 4.74 Å². The van der Waals surface area contributed by atoms with Gasteiger partial charge in [0, 0.05) is 4.48 Å². The third-order valence-corrected chi connectivity index (χ3v) is 2.69. The van der Waals surface area contributed by atoms with Crippen molar-refractivity contribution in [2.24, 2.45) is 0 Å². The Morgan fingerprint density at radius 2 is 2.16 bits per heavy atom. The number of hydrogen-bond acceptors (Lipinski definition) is 3. The van der Waals surface area contributed by atoms with Gasteiger partial charge in [0.25, 0.3) is 0 Å². The highest BCUT2D eigenvalue weighted by molar-refractivity contribution is 9.11. The Morgan fingerprint density at radius 3 is 2.74 bits per heavy atom. The number of esters is 1. The van der Waals surface area contributed by atoms with Crippen molar-refractivity contribution in [1.82, 2.24) is 5.32 Å². The van der Waals surface area contributed by atoms with E-state index in [-0.39, 0.29) is 6.54 Å². The molecule has 0 bridgehead atoms. The summed E-state index contributed by atoms with van der Waals surface area (Å²) in [6.45, 7) is 3.86. The monoisotopic (exact) mass is 346 g/mol. The number of benzene rings is 1. The molecule has 0 spiro atoms. The zero-order chi connectivity index (χ0) is 14.4. The summed E-state index contributed by atoms with van der Waals surface area (Å²) >= 11 is 9.05. The number of amides is 2. The van der Waals surface area contributed by atoms with Crippen LogP contribution in [0.25, 0.3) is 0 Å². The topological polar surface area (TPSA) is 67.4 Å². The third-order valence-electron chi connectivity index (χ3n) is 2.08. The van der Waals surface area contributed by atoms with Crippen LogP contribution < -0.4 is 10.6 Å².